The molecule has 1 heterocycles. The minimum Gasteiger partial charge on any atom is -0.493 e. The molecule has 5 nitrogen and oxygen atoms in total. The Hall–Kier alpha value is -3.12. The van der Waals surface area contributed by atoms with Crippen molar-refractivity contribution in [3.8, 4) is 16.9 Å². The number of hydrogen-bond donors (Lipinski definition) is 1. The van der Waals surface area contributed by atoms with Gasteiger partial charge in [0.2, 0.25) is 5.91 Å². The number of halogens is 1. The largest absolute Gasteiger partial charge is 0.493 e. The second-order valence-electron chi connectivity index (χ2n) is 7.31. The van der Waals surface area contributed by atoms with Crippen LogP contribution in [0.15, 0.2) is 47.1 Å². The minimum absolute atomic E-state index is 0.167. The van der Waals surface area contributed by atoms with Crippen LogP contribution in [0.3, 0.4) is 0 Å². The molecule has 0 saturated carbocycles. The first kappa shape index (κ1) is 22.6. The van der Waals surface area contributed by atoms with Gasteiger partial charge in [0.05, 0.1) is 12.9 Å². The molecule has 164 valence electrons. The molecule has 0 saturated heterocycles. The summed E-state index contributed by atoms with van der Waals surface area (Å²) in [5, 5.41) is 3.75. The Labute approximate surface area is 181 Å². The predicted molar refractivity (Wildman–Crippen MR) is 121 cm³/mol. The van der Waals surface area contributed by atoms with Gasteiger partial charge >= 0.3 is 0 Å². The molecule has 0 aliphatic carbocycles. The van der Waals surface area contributed by atoms with Gasteiger partial charge in [-0.05, 0) is 56.5 Å². The molecular weight excluding hydrogens is 397 g/mol. The lowest BCUT2D eigenvalue weighted by Crippen LogP contribution is -2.23. The van der Waals surface area contributed by atoms with Crippen LogP contribution in [-0.4, -0.2) is 32.8 Å². The van der Waals surface area contributed by atoms with Crippen LogP contribution in [-0.2, 0) is 9.53 Å². The van der Waals surface area contributed by atoms with E-state index >= 15 is 0 Å². The zero-order valence-corrected chi connectivity index (χ0v) is 18.4. The second kappa shape index (κ2) is 10.3. The molecule has 1 amide bonds. The van der Waals surface area contributed by atoms with Crippen molar-refractivity contribution in [3.63, 3.8) is 0 Å². The van der Waals surface area contributed by atoms with E-state index in [-0.39, 0.29) is 11.7 Å². The van der Waals surface area contributed by atoms with Crippen molar-refractivity contribution in [2.45, 2.75) is 27.2 Å². The van der Waals surface area contributed by atoms with E-state index in [1.165, 1.54) is 12.1 Å². The molecule has 0 unspecified atom stereocenters. The molecule has 0 aliphatic rings. The molecule has 0 aliphatic heterocycles. The highest BCUT2D eigenvalue weighted by atomic mass is 19.1. The Bertz CT molecular complexity index is 1080. The van der Waals surface area contributed by atoms with E-state index < -0.39 is 0 Å². The summed E-state index contributed by atoms with van der Waals surface area (Å²) in [6, 6.07) is 8.27. The van der Waals surface area contributed by atoms with Crippen molar-refractivity contribution in [1.29, 1.82) is 0 Å². The van der Waals surface area contributed by atoms with Crippen LogP contribution < -0.4 is 10.1 Å². The van der Waals surface area contributed by atoms with E-state index in [9.17, 15) is 9.18 Å². The van der Waals surface area contributed by atoms with E-state index in [0.717, 1.165) is 39.6 Å². The lowest BCUT2D eigenvalue weighted by Gasteiger charge is -2.15. The van der Waals surface area contributed by atoms with E-state index in [0.29, 0.717) is 31.1 Å². The van der Waals surface area contributed by atoms with Gasteiger partial charge in [-0.3, -0.25) is 4.79 Å². The van der Waals surface area contributed by atoms with Gasteiger partial charge < -0.3 is 19.2 Å². The highest BCUT2D eigenvalue weighted by Crippen LogP contribution is 2.40. The number of fused-ring (bicyclic) bond motifs is 1. The van der Waals surface area contributed by atoms with Crippen LogP contribution >= 0.6 is 0 Å². The lowest BCUT2D eigenvalue weighted by molar-refractivity contribution is -0.116. The zero-order valence-electron chi connectivity index (χ0n) is 18.4. The number of carbonyl (C=O) groups excluding carboxylic acids is 1. The van der Waals surface area contributed by atoms with Crippen molar-refractivity contribution in [1.82, 2.24) is 5.32 Å². The van der Waals surface area contributed by atoms with Gasteiger partial charge in [-0.25, -0.2) is 4.39 Å². The monoisotopic (exact) mass is 425 g/mol. The highest BCUT2D eigenvalue weighted by molar-refractivity contribution is 6.01. The first-order valence-corrected chi connectivity index (χ1v) is 10.3. The molecule has 6 heteroatoms. The molecule has 0 bridgehead atoms. The summed E-state index contributed by atoms with van der Waals surface area (Å²) in [5.41, 5.74) is 4.89. The van der Waals surface area contributed by atoms with Crippen LogP contribution in [0.5, 0.6) is 5.75 Å². The highest BCUT2D eigenvalue weighted by Gasteiger charge is 2.19. The van der Waals surface area contributed by atoms with Crippen LogP contribution in [0.25, 0.3) is 27.7 Å². The molecule has 31 heavy (non-hydrogen) atoms. The molecule has 1 N–H and O–H groups in total. The third-order valence-corrected chi connectivity index (χ3v) is 5.08. The van der Waals surface area contributed by atoms with E-state index in [1.54, 1.807) is 31.6 Å². The standard InChI is InChI=1S/C25H28FNO4/c1-5-30-24-17(3)25-21(22(15-31-25)18-7-9-19(26)10-8-18)14-20(24)16(2)13-23(28)27-11-6-12-29-4/h7-10,13-15H,5-6,11-12H2,1-4H3,(H,27,28)/b16-13+. The topological polar surface area (TPSA) is 60.7 Å². The summed E-state index contributed by atoms with van der Waals surface area (Å²) in [4.78, 5) is 12.4. The van der Waals surface area contributed by atoms with Crippen LogP contribution in [0, 0.1) is 12.7 Å². The van der Waals surface area contributed by atoms with Gasteiger partial charge in [0.1, 0.15) is 17.1 Å². The number of furan rings is 1. The van der Waals surface area contributed by atoms with E-state index in [2.05, 4.69) is 5.32 Å². The van der Waals surface area contributed by atoms with Crippen LogP contribution in [0.2, 0.25) is 0 Å². The third-order valence-electron chi connectivity index (χ3n) is 5.08. The number of hydrogen-bond acceptors (Lipinski definition) is 4. The third kappa shape index (κ3) is 5.14. The smallest absolute Gasteiger partial charge is 0.244 e. The number of aryl methyl sites for hydroxylation is 1. The summed E-state index contributed by atoms with van der Waals surface area (Å²) >= 11 is 0. The number of carbonyl (C=O) groups is 1. The number of methoxy groups -OCH3 is 1. The minimum atomic E-state index is -0.289. The molecule has 0 atom stereocenters. The summed E-state index contributed by atoms with van der Waals surface area (Å²) < 4.78 is 30.2. The molecule has 3 aromatic rings. The maximum atomic E-state index is 13.4. The first-order valence-electron chi connectivity index (χ1n) is 10.3. The maximum Gasteiger partial charge on any atom is 0.244 e. The summed E-state index contributed by atoms with van der Waals surface area (Å²) in [6.45, 7) is 7.37. The van der Waals surface area contributed by atoms with E-state index in [4.69, 9.17) is 13.9 Å². The first-order chi connectivity index (χ1) is 15.0. The Morgan fingerprint density at radius 3 is 2.68 bits per heavy atom. The zero-order chi connectivity index (χ0) is 22.4. The Kier molecular flexibility index (Phi) is 7.47. The molecule has 0 radical (unpaired) electrons. The molecule has 3 rings (SSSR count). The SMILES string of the molecule is CCOc1c(/C(C)=C/C(=O)NCCCOC)cc2c(-c3ccc(F)cc3)coc2c1C. The van der Waals surface area contributed by atoms with Gasteiger partial charge in [-0.1, -0.05) is 12.1 Å². The van der Waals surface area contributed by atoms with Gasteiger partial charge in [0.15, 0.2) is 0 Å². The summed E-state index contributed by atoms with van der Waals surface area (Å²) in [5.74, 6) is 0.234. The molecule has 0 spiro atoms. The van der Waals surface area contributed by atoms with Crippen molar-refractivity contribution in [2.24, 2.45) is 0 Å². The molecule has 1 aromatic heterocycles. The fourth-order valence-corrected chi connectivity index (χ4v) is 3.55. The van der Waals surface area contributed by atoms with Gasteiger partial charge in [-0.15, -0.1) is 0 Å². The number of allylic oxidation sites excluding steroid dienone is 1. The second-order valence-corrected chi connectivity index (χ2v) is 7.31. The van der Waals surface area contributed by atoms with Crippen LogP contribution in [0.1, 0.15) is 31.4 Å². The maximum absolute atomic E-state index is 13.4. The fraction of sp³-hybridized carbons (Fsp3) is 0.320. The van der Waals surface area contributed by atoms with Gasteiger partial charge in [0, 0.05) is 48.4 Å². The fourth-order valence-electron chi connectivity index (χ4n) is 3.55. The van der Waals surface area contributed by atoms with Crippen molar-refractivity contribution in [3.05, 3.63) is 59.6 Å². The molecule has 2 aromatic carbocycles. The summed E-state index contributed by atoms with van der Waals surface area (Å²) in [7, 11) is 1.63. The number of rotatable bonds is 9. The predicted octanol–water partition coefficient (Wildman–Crippen LogP) is 5.50. The summed E-state index contributed by atoms with van der Waals surface area (Å²) in [6.07, 6.45) is 4.00. The normalized spacial score (nSPS) is 11.7. The molecule has 0 fully saturated rings. The quantitative estimate of drug-likeness (QED) is 0.363. The van der Waals surface area contributed by atoms with E-state index in [1.807, 2.05) is 26.8 Å². The van der Waals surface area contributed by atoms with Crippen LogP contribution in [0.4, 0.5) is 4.39 Å². The Morgan fingerprint density at radius 1 is 1.26 bits per heavy atom. The van der Waals surface area contributed by atoms with Gasteiger partial charge in [0.25, 0.3) is 0 Å². The number of benzene rings is 2. The number of ether oxygens (including phenoxy) is 2. The number of nitrogens with one attached hydrogen (secondary N) is 1. The van der Waals surface area contributed by atoms with Gasteiger partial charge in [-0.2, -0.15) is 0 Å². The van der Waals surface area contributed by atoms with Crippen molar-refractivity contribution >= 4 is 22.4 Å². The average Bonchev–Trinajstić information content (AvgIpc) is 3.18. The Morgan fingerprint density at radius 2 is 2.00 bits per heavy atom. The van der Waals surface area contributed by atoms with Crippen molar-refractivity contribution < 1.29 is 23.1 Å². The number of amides is 1. The lowest BCUT2D eigenvalue weighted by atomic mass is 9.96. The van der Waals surface area contributed by atoms with Crippen molar-refractivity contribution in [2.75, 3.05) is 26.9 Å². The average molecular weight is 426 g/mol. The molecular formula is C25H28FNO4. The Balaban J connectivity index is 2.03.